The van der Waals surface area contributed by atoms with Gasteiger partial charge < -0.3 is 14.0 Å². The number of nitriles is 1. The van der Waals surface area contributed by atoms with E-state index in [0.29, 0.717) is 17.7 Å². The van der Waals surface area contributed by atoms with Crippen LogP contribution in [0.1, 0.15) is 55.3 Å². The van der Waals surface area contributed by atoms with Crippen molar-refractivity contribution in [3.8, 4) is 17.2 Å². The lowest BCUT2D eigenvalue weighted by atomic mass is 9.99. The van der Waals surface area contributed by atoms with Crippen LogP contribution < -0.4 is 0 Å². The average molecular weight is 500 g/mol. The SMILES string of the molecule is CCOC(=O)c1csc(Cn2c(C)c(C(=O)OCc3ccccc3)c(-c3ccc(C#N)cc3)c2C)n1. The van der Waals surface area contributed by atoms with E-state index >= 15 is 0 Å². The van der Waals surface area contributed by atoms with Gasteiger partial charge in [0.15, 0.2) is 5.69 Å². The third-order valence-electron chi connectivity index (χ3n) is 5.83. The van der Waals surface area contributed by atoms with Crippen molar-refractivity contribution < 1.29 is 19.1 Å². The highest BCUT2D eigenvalue weighted by molar-refractivity contribution is 7.09. The first-order valence-corrected chi connectivity index (χ1v) is 12.3. The zero-order valence-corrected chi connectivity index (χ0v) is 21.1. The van der Waals surface area contributed by atoms with Gasteiger partial charge in [-0.2, -0.15) is 5.26 Å². The minimum absolute atomic E-state index is 0.158. The third-order valence-corrected chi connectivity index (χ3v) is 6.67. The summed E-state index contributed by atoms with van der Waals surface area (Å²) >= 11 is 1.36. The van der Waals surface area contributed by atoms with Gasteiger partial charge in [-0.25, -0.2) is 14.6 Å². The molecule has 2 heterocycles. The van der Waals surface area contributed by atoms with Crippen molar-refractivity contribution in [3.05, 3.63) is 98.8 Å². The number of benzene rings is 2. The zero-order valence-electron chi connectivity index (χ0n) is 20.3. The second-order valence-corrected chi connectivity index (χ2v) is 9.05. The maximum absolute atomic E-state index is 13.4. The van der Waals surface area contributed by atoms with Crippen LogP contribution in [0.4, 0.5) is 0 Å². The van der Waals surface area contributed by atoms with Gasteiger partial charge in [-0.1, -0.05) is 42.5 Å². The minimum Gasteiger partial charge on any atom is -0.461 e. The van der Waals surface area contributed by atoms with Crippen LogP contribution in [0.15, 0.2) is 60.0 Å². The van der Waals surface area contributed by atoms with Crippen LogP contribution in [-0.2, 0) is 22.6 Å². The van der Waals surface area contributed by atoms with Crippen LogP contribution in [0.2, 0.25) is 0 Å². The number of rotatable bonds is 8. The zero-order chi connectivity index (χ0) is 25.7. The van der Waals surface area contributed by atoms with E-state index in [1.807, 2.05) is 60.9 Å². The fourth-order valence-electron chi connectivity index (χ4n) is 4.05. The summed E-state index contributed by atoms with van der Waals surface area (Å²) in [5.74, 6) is -0.881. The molecule has 0 saturated heterocycles. The Balaban J connectivity index is 1.72. The van der Waals surface area contributed by atoms with Crippen molar-refractivity contribution in [1.82, 2.24) is 9.55 Å². The third kappa shape index (κ3) is 5.21. The molecule has 0 fully saturated rings. The van der Waals surface area contributed by atoms with E-state index in [-0.39, 0.29) is 18.9 Å². The summed E-state index contributed by atoms with van der Waals surface area (Å²) in [6.07, 6.45) is 0. The summed E-state index contributed by atoms with van der Waals surface area (Å²) in [5.41, 5.74) is 5.33. The quantitative estimate of drug-likeness (QED) is 0.290. The Hall–Kier alpha value is -4.22. The summed E-state index contributed by atoms with van der Waals surface area (Å²) in [4.78, 5) is 29.9. The predicted molar refractivity (Wildman–Crippen MR) is 137 cm³/mol. The molecule has 2 aromatic heterocycles. The van der Waals surface area contributed by atoms with E-state index in [4.69, 9.17) is 9.47 Å². The van der Waals surface area contributed by atoms with Crippen LogP contribution in [-0.4, -0.2) is 28.1 Å². The Morgan fingerprint density at radius 3 is 2.39 bits per heavy atom. The van der Waals surface area contributed by atoms with Gasteiger partial charge in [-0.3, -0.25) is 0 Å². The monoisotopic (exact) mass is 499 g/mol. The largest absolute Gasteiger partial charge is 0.461 e. The highest BCUT2D eigenvalue weighted by Crippen LogP contribution is 2.34. The molecule has 4 rings (SSSR count). The standard InChI is InChI=1S/C28H25N3O4S/c1-4-34-27(32)23-17-36-24(30-23)15-31-18(2)25(22-12-10-20(14-29)11-13-22)26(19(31)3)28(33)35-16-21-8-6-5-7-9-21/h5-13,17H,4,15-16H2,1-3H3. The summed E-state index contributed by atoms with van der Waals surface area (Å²) in [5, 5.41) is 11.6. The Morgan fingerprint density at radius 2 is 1.72 bits per heavy atom. The van der Waals surface area contributed by atoms with Crippen molar-refractivity contribution in [1.29, 1.82) is 5.26 Å². The molecule has 0 aliphatic carbocycles. The number of esters is 2. The molecule has 0 aliphatic rings. The molecule has 0 amide bonds. The predicted octanol–water partition coefficient (Wildman–Crippen LogP) is 5.68. The number of carbonyl (C=O) groups is 2. The maximum atomic E-state index is 13.4. The molecule has 0 spiro atoms. The lowest BCUT2D eigenvalue weighted by Gasteiger charge is -2.08. The van der Waals surface area contributed by atoms with Crippen molar-refractivity contribution in [3.63, 3.8) is 0 Å². The topological polar surface area (TPSA) is 94.2 Å². The van der Waals surface area contributed by atoms with Gasteiger partial charge in [0, 0.05) is 22.3 Å². The number of carbonyl (C=O) groups excluding carboxylic acids is 2. The second kappa shape index (κ2) is 11.0. The van der Waals surface area contributed by atoms with Crippen LogP contribution >= 0.6 is 11.3 Å². The molecular weight excluding hydrogens is 474 g/mol. The van der Waals surface area contributed by atoms with Crippen molar-refractivity contribution in [2.45, 2.75) is 33.9 Å². The first-order valence-electron chi connectivity index (χ1n) is 11.5. The Bertz CT molecular complexity index is 1430. The summed E-state index contributed by atoms with van der Waals surface area (Å²) in [6, 6.07) is 18.8. The molecule has 0 saturated carbocycles. The van der Waals surface area contributed by atoms with E-state index in [1.54, 1.807) is 24.4 Å². The van der Waals surface area contributed by atoms with Gasteiger partial charge in [0.05, 0.1) is 30.3 Å². The van der Waals surface area contributed by atoms with Gasteiger partial charge in [-0.15, -0.1) is 11.3 Å². The fourth-order valence-corrected chi connectivity index (χ4v) is 4.80. The lowest BCUT2D eigenvalue weighted by molar-refractivity contribution is 0.0471. The van der Waals surface area contributed by atoms with E-state index in [0.717, 1.165) is 33.1 Å². The van der Waals surface area contributed by atoms with Gasteiger partial charge in [0.2, 0.25) is 0 Å². The smallest absolute Gasteiger partial charge is 0.357 e. The van der Waals surface area contributed by atoms with Gasteiger partial charge in [0.25, 0.3) is 0 Å². The molecule has 0 bridgehead atoms. The normalized spacial score (nSPS) is 10.6. The number of aromatic nitrogens is 2. The number of hydrogen-bond donors (Lipinski definition) is 0. The fraction of sp³-hybridized carbons (Fsp3) is 0.214. The molecule has 4 aromatic rings. The van der Waals surface area contributed by atoms with E-state index in [1.165, 1.54) is 11.3 Å². The van der Waals surface area contributed by atoms with Gasteiger partial charge in [0.1, 0.15) is 11.6 Å². The molecule has 0 N–H and O–H groups in total. The Labute approximate surface area is 213 Å². The van der Waals surface area contributed by atoms with Crippen LogP contribution in [0.3, 0.4) is 0 Å². The lowest BCUT2D eigenvalue weighted by Crippen LogP contribution is -2.09. The molecule has 0 radical (unpaired) electrons. The second-order valence-electron chi connectivity index (χ2n) is 8.10. The summed E-state index contributed by atoms with van der Waals surface area (Å²) in [6.45, 7) is 6.39. The van der Waals surface area contributed by atoms with Crippen LogP contribution in [0.25, 0.3) is 11.1 Å². The molecule has 182 valence electrons. The molecule has 0 unspecified atom stereocenters. The average Bonchev–Trinajstić information content (AvgIpc) is 3.47. The molecule has 0 aliphatic heterocycles. The maximum Gasteiger partial charge on any atom is 0.357 e. The summed E-state index contributed by atoms with van der Waals surface area (Å²) < 4.78 is 12.8. The number of ether oxygens (including phenoxy) is 2. The molecule has 7 nitrogen and oxygen atoms in total. The highest BCUT2D eigenvalue weighted by atomic mass is 32.1. The highest BCUT2D eigenvalue weighted by Gasteiger charge is 2.26. The molecule has 36 heavy (non-hydrogen) atoms. The molecule has 2 aromatic carbocycles. The van der Waals surface area contributed by atoms with Crippen LogP contribution in [0.5, 0.6) is 0 Å². The van der Waals surface area contributed by atoms with Crippen molar-refractivity contribution in [2.24, 2.45) is 0 Å². The number of nitrogens with zero attached hydrogens (tertiary/aromatic N) is 3. The number of thiazole rings is 1. The van der Waals surface area contributed by atoms with E-state index < -0.39 is 11.9 Å². The molecule has 0 atom stereocenters. The molecular formula is C28H25N3O4S. The van der Waals surface area contributed by atoms with Crippen LogP contribution in [0, 0.1) is 25.2 Å². The molecule has 8 heteroatoms. The van der Waals surface area contributed by atoms with E-state index in [9.17, 15) is 14.9 Å². The van der Waals surface area contributed by atoms with E-state index in [2.05, 4.69) is 11.1 Å². The Kier molecular flexibility index (Phi) is 7.62. The van der Waals surface area contributed by atoms with Gasteiger partial charge >= 0.3 is 11.9 Å². The first kappa shape index (κ1) is 24.9. The first-order chi connectivity index (χ1) is 17.4. The number of hydrogen-bond acceptors (Lipinski definition) is 7. The minimum atomic E-state index is -0.454. The van der Waals surface area contributed by atoms with Gasteiger partial charge in [-0.05, 0) is 44.0 Å². The van der Waals surface area contributed by atoms with Crippen molar-refractivity contribution in [2.75, 3.05) is 6.61 Å². The van der Waals surface area contributed by atoms with Crippen molar-refractivity contribution >= 4 is 23.3 Å². The summed E-state index contributed by atoms with van der Waals surface area (Å²) in [7, 11) is 0. The Morgan fingerprint density at radius 1 is 1.00 bits per heavy atom.